The van der Waals surface area contributed by atoms with E-state index in [0.717, 1.165) is 15.6 Å². The lowest BCUT2D eigenvalue weighted by molar-refractivity contribution is 0.0974. The molecule has 3 aromatic carbocycles. The number of methoxy groups -OCH3 is 1. The minimum absolute atomic E-state index is 0.132. The first-order chi connectivity index (χ1) is 15.7. The van der Waals surface area contributed by atoms with Gasteiger partial charge in [0, 0.05) is 10.2 Å². The van der Waals surface area contributed by atoms with Gasteiger partial charge in [-0.05, 0) is 85.7 Å². The van der Waals surface area contributed by atoms with E-state index in [1.807, 2.05) is 26.0 Å². The standard InChI is InChI=1S/C23H19BrFN5O2S/c1-12-9-19-20(29-30(28-19)16-6-4-15(25)5-7-16)11-18(12)26-23(33)27-22(31)17-10-14(24)8-13(2)21(17)32-3/h4-11H,1-3H3,(H2,26,27,31,33). The van der Waals surface area contributed by atoms with Crippen molar-refractivity contribution in [1.82, 2.24) is 20.3 Å². The third kappa shape index (κ3) is 4.86. The predicted molar refractivity (Wildman–Crippen MR) is 133 cm³/mol. The highest BCUT2D eigenvalue weighted by Crippen LogP contribution is 2.28. The number of fused-ring (bicyclic) bond motifs is 1. The van der Waals surface area contributed by atoms with E-state index >= 15 is 0 Å². The van der Waals surface area contributed by atoms with Gasteiger partial charge in [-0.25, -0.2) is 4.39 Å². The number of anilines is 1. The Bertz CT molecular complexity index is 1390. The fourth-order valence-electron chi connectivity index (χ4n) is 3.39. The number of benzene rings is 3. The number of halogens is 2. The summed E-state index contributed by atoms with van der Waals surface area (Å²) in [7, 11) is 1.52. The van der Waals surface area contributed by atoms with E-state index in [4.69, 9.17) is 17.0 Å². The van der Waals surface area contributed by atoms with Gasteiger partial charge in [0.15, 0.2) is 5.11 Å². The Balaban J connectivity index is 1.55. The van der Waals surface area contributed by atoms with Crippen molar-refractivity contribution in [1.29, 1.82) is 0 Å². The van der Waals surface area contributed by atoms with Gasteiger partial charge in [0.05, 0.1) is 18.4 Å². The summed E-state index contributed by atoms with van der Waals surface area (Å²) in [5.41, 5.74) is 4.65. The number of ether oxygens (including phenoxy) is 1. The molecular weight excluding hydrogens is 509 g/mol. The quantitative estimate of drug-likeness (QED) is 0.360. The molecule has 33 heavy (non-hydrogen) atoms. The number of nitrogens with one attached hydrogen (secondary N) is 2. The molecule has 0 spiro atoms. The molecule has 4 aromatic rings. The Morgan fingerprint density at radius 1 is 1.06 bits per heavy atom. The van der Waals surface area contributed by atoms with Crippen LogP contribution in [0.15, 0.2) is 53.0 Å². The van der Waals surface area contributed by atoms with Crippen LogP contribution in [0.2, 0.25) is 0 Å². The smallest absolute Gasteiger partial charge is 0.261 e. The number of hydrogen-bond donors (Lipinski definition) is 2. The predicted octanol–water partition coefficient (Wildman–Crippen LogP) is 5.07. The SMILES string of the molecule is COc1c(C)cc(Br)cc1C(=O)NC(=S)Nc1cc2nn(-c3ccc(F)cc3)nc2cc1C. The van der Waals surface area contributed by atoms with Crippen molar-refractivity contribution >= 4 is 55.9 Å². The van der Waals surface area contributed by atoms with Crippen molar-refractivity contribution in [3.8, 4) is 11.4 Å². The van der Waals surface area contributed by atoms with Crippen molar-refractivity contribution in [2.45, 2.75) is 13.8 Å². The number of aryl methyl sites for hydroxylation is 2. The second kappa shape index (κ2) is 9.24. The molecule has 0 aliphatic rings. The van der Waals surface area contributed by atoms with Gasteiger partial charge in [-0.1, -0.05) is 15.9 Å². The summed E-state index contributed by atoms with van der Waals surface area (Å²) in [6, 6.07) is 13.1. The molecule has 1 heterocycles. The average molecular weight is 528 g/mol. The van der Waals surface area contributed by atoms with Crippen LogP contribution < -0.4 is 15.4 Å². The second-order valence-corrected chi connectivity index (χ2v) is 8.66. The normalized spacial score (nSPS) is 10.8. The molecule has 1 aromatic heterocycles. The summed E-state index contributed by atoms with van der Waals surface area (Å²) in [5, 5.41) is 14.8. The third-order valence-electron chi connectivity index (χ3n) is 4.95. The minimum Gasteiger partial charge on any atom is -0.496 e. The number of thiocarbonyl (C=S) groups is 1. The van der Waals surface area contributed by atoms with Gasteiger partial charge in [-0.15, -0.1) is 10.2 Å². The Morgan fingerprint density at radius 2 is 1.73 bits per heavy atom. The number of carbonyl (C=O) groups is 1. The third-order valence-corrected chi connectivity index (χ3v) is 5.61. The highest BCUT2D eigenvalue weighted by Gasteiger charge is 2.17. The molecule has 10 heteroatoms. The average Bonchev–Trinajstić information content (AvgIpc) is 3.16. The fraction of sp³-hybridized carbons (Fsp3) is 0.130. The van der Waals surface area contributed by atoms with Crippen molar-refractivity contribution in [2.24, 2.45) is 0 Å². The summed E-state index contributed by atoms with van der Waals surface area (Å²) in [6.45, 7) is 3.75. The Morgan fingerprint density at radius 3 is 2.39 bits per heavy atom. The van der Waals surface area contributed by atoms with E-state index < -0.39 is 5.91 Å². The van der Waals surface area contributed by atoms with Crippen LogP contribution in [0.5, 0.6) is 5.75 Å². The number of aromatic nitrogens is 3. The van der Waals surface area contributed by atoms with E-state index in [2.05, 4.69) is 36.8 Å². The van der Waals surface area contributed by atoms with Crippen molar-refractivity contribution in [3.63, 3.8) is 0 Å². The number of carbonyl (C=O) groups excluding carboxylic acids is 1. The van der Waals surface area contributed by atoms with E-state index in [1.165, 1.54) is 24.0 Å². The zero-order valence-corrected chi connectivity index (χ0v) is 20.3. The van der Waals surface area contributed by atoms with Gasteiger partial charge < -0.3 is 10.1 Å². The highest BCUT2D eigenvalue weighted by atomic mass is 79.9. The van der Waals surface area contributed by atoms with Gasteiger partial charge in [-0.2, -0.15) is 4.80 Å². The minimum atomic E-state index is -0.394. The summed E-state index contributed by atoms with van der Waals surface area (Å²) in [5.74, 6) is -0.243. The molecule has 0 saturated carbocycles. The summed E-state index contributed by atoms with van der Waals surface area (Å²) >= 11 is 8.76. The van der Waals surface area contributed by atoms with Crippen LogP contribution in [0.3, 0.4) is 0 Å². The number of hydrogen-bond acceptors (Lipinski definition) is 5. The molecule has 4 rings (SSSR count). The first-order valence-corrected chi connectivity index (χ1v) is 11.1. The van der Waals surface area contributed by atoms with Crippen LogP contribution in [-0.4, -0.2) is 33.1 Å². The first kappa shape index (κ1) is 22.8. The molecule has 0 atom stereocenters. The van der Waals surface area contributed by atoms with E-state index in [-0.39, 0.29) is 10.9 Å². The summed E-state index contributed by atoms with van der Waals surface area (Å²) < 4.78 is 19.3. The monoisotopic (exact) mass is 527 g/mol. The first-order valence-electron chi connectivity index (χ1n) is 9.85. The Kier molecular flexibility index (Phi) is 6.39. The van der Waals surface area contributed by atoms with Crippen LogP contribution in [0.4, 0.5) is 10.1 Å². The Labute approximate surface area is 203 Å². The lowest BCUT2D eigenvalue weighted by atomic mass is 10.1. The van der Waals surface area contributed by atoms with Crippen LogP contribution in [0, 0.1) is 19.7 Å². The van der Waals surface area contributed by atoms with Crippen LogP contribution >= 0.6 is 28.1 Å². The molecule has 0 fully saturated rings. The lowest BCUT2D eigenvalue weighted by Gasteiger charge is -2.14. The van der Waals surface area contributed by atoms with E-state index in [9.17, 15) is 9.18 Å². The van der Waals surface area contributed by atoms with E-state index in [1.54, 1.807) is 24.3 Å². The molecule has 0 bridgehead atoms. The van der Waals surface area contributed by atoms with Gasteiger partial charge in [0.1, 0.15) is 22.6 Å². The summed E-state index contributed by atoms with van der Waals surface area (Å²) in [6.07, 6.45) is 0. The molecule has 0 radical (unpaired) electrons. The van der Waals surface area contributed by atoms with Gasteiger partial charge in [-0.3, -0.25) is 10.1 Å². The molecule has 7 nitrogen and oxygen atoms in total. The zero-order valence-electron chi connectivity index (χ0n) is 17.9. The van der Waals surface area contributed by atoms with Gasteiger partial charge in [0.2, 0.25) is 0 Å². The zero-order chi connectivity index (χ0) is 23.7. The number of nitrogens with zero attached hydrogens (tertiary/aromatic N) is 3. The number of rotatable bonds is 4. The second-order valence-electron chi connectivity index (χ2n) is 7.33. The highest BCUT2D eigenvalue weighted by molar-refractivity contribution is 9.10. The van der Waals surface area contributed by atoms with Crippen molar-refractivity contribution in [2.75, 3.05) is 12.4 Å². The maximum absolute atomic E-state index is 13.2. The lowest BCUT2D eigenvalue weighted by Crippen LogP contribution is -2.34. The van der Waals surface area contributed by atoms with Crippen LogP contribution in [-0.2, 0) is 0 Å². The van der Waals surface area contributed by atoms with E-state index in [0.29, 0.717) is 33.7 Å². The van der Waals surface area contributed by atoms with Crippen LogP contribution in [0.25, 0.3) is 16.7 Å². The molecular formula is C23H19BrFN5O2S. The molecule has 0 unspecified atom stereocenters. The summed E-state index contributed by atoms with van der Waals surface area (Å²) in [4.78, 5) is 14.3. The maximum Gasteiger partial charge on any atom is 0.261 e. The molecule has 1 amide bonds. The van der Waals surface area contributed by atoms with Crippen molar-refractivity contribution in [3.05, 3.63) is 75.5 Å². The maximum atomic E-state index is 13.2. The number of amides is 1. The molecule has 168 valence electrons. The molecule has 2 N–H and O–H groups in total. The van der Waals surface area contributed by atoms with Gasteiger partial charge in [0.25, 0.3) is 5.91 Å². The fourth-order valence-corrected chi connectivity index (χ4v) is 4.16. The molecule has 0 aliphatic carbocycles. The van der Waals surface area contributed by atoms with Crippen LogP contribution in [0.1, 0.15) is 21.5 Å². The largest absolute Gasteiger partial charge is 0.496 e. The Hall–Kier alpha value is -3.37. The van der Waals surface area contributed by atoms with Gasteiger partial charge >= 0.3 is 0 Å². The van der Waals surface area contributed by atoms with Crippen molar-refractivity contribution < 1.29 is 13.9 Å². The molecule has 0 saturated heterocycles. The molecule has 0 aliphatic heterocycles. The topological polar surface area (TPSA) is 81.1 Å².